The molecule has 0 saturated carbocycles. The highest BCUT2D eigenvalue weighted by Gasteiger charge is 1.98. The summed E-state index contributed by atoms with van der Waals surface area (Å²) in [5, 5.41) is 0. The lowest BCUT2D eigenvalue weighted by molar-refractivity contribution is 0.626. The van der Waals surface area contributed by atoms with Crippen LogP contribution in [-0.4, -0.2) is 0 Å². The molecule has 0 radical (unpaired) electrons. The fourth-order valence-corrected chi connectivity index (χ4v) is 2.37. The third kappa shape index (κ3) is 2.86. The average Bonchev–Trinajstić information content (AvgIpc) is 2.32. The van der Waals surface area contributed by atoms with Gasteiger partial charge in [0, 0.05) is 9.79 Å². The summed E-state index contributed by atoms with van der Waals surface area (Å²) in [6.45, 7) is 2.14. The molecule has 0 nitrogen and oxygen atoms in total. The lowest BCUT2D eigenvalue weighted by atomic mass is 10.2. The molecule has 0 bridgehead atoms. The molecule has 0 unspecified atom stereocenters. The number of hydrogen-bond acceptors (Lipinski definition) is 1. The predicted octanol–water partition coefficient (Wildman–Crippen LogP) is 4.54. The minimum absolute atomic E-state index is 0.188. The van der Waals surface area contributed by atoms with Crippen LogP contribution in [0.15, 0.2) is 58.3 Å². The minimum Gasteiger partial charge on any atom is -0.207 e. The summed E-state index contributed by atoms with van der Waals surface area (Å²) < 4.78 is 12.7. The first-order chi connectivity index (χ1) is 7.78. The van der Waals surface area contributed by atoms with Gasteiger partial charge in [-0.25, -0.2) is 4.39 Å². The minimum atomic E-state index is -0.188. The standard InChI is InChI=1S/C14H13FS/c1-2-11-4-3-5-14(10-11)16-13-8-6-12(15)7-9-13/h3-10H,2H2,1H3. The fraction of sp³-hybridized carbons (Fsp3) is 0.143. The van der Waals surface area contributed by atoms with Crippen LogP contribution in [0.25, 0.3) is 0 Å². The summed E-state index contributed by atoms with van der Waals surface area (Å²) >= 11 is 1.66. The van der Waals surface area contributed by atoms with Gasteiger partial charge >= 0.3 is 0 Å². The van der Waals surface area contributed by atoms with Gasteiger partial charge in [-0.05, 0) is 48.4 Å². The van der Waals surface area contributed by atoms with E-state index in [4.69, 9.17) is 0 Å². The quantitative estimate of drug-likeness (QED) is 0.748. The molecule has 16 heavy (non-hydrogen) atoms. The molecule has 0 aromatic heterocycles. The van der Waals surface area contributed by atoms with E-state index in [0.29, 0.717) is 0 Å². The van der Waals surface area contributed by atoms with Crippen LogP contribution in [0.4, 0.5) is 4.39 Å². The number of aryl methyl sites for hydroxylation is 1. The first kappa shape index (κ1) is 11.2. The van der Waals surface area contributed by atoms with E-state index in [1.54, 1.807) is 23.9 Å². The SMILES string of the molecule is CCc1cccc(Sc2ccc(F)cc2)c1. The van der Waals surface area contributed by atoms with E-state index in [2.05, 4.69) is 31.2 Å². The molecule has 2 aromatic carbocycles. The van der Waals surface area contributed by atoms with Crippen LogP contribution in [0.2, 0.25) is 0 Å². The lowest BCUT2D eigenvalue weighted by Crippen LogP contribution is -1.80. The van der Waals surface area contributed by atoms with Crippen LogP contribution in [-0.2, 0) is 6.42 Å². The van der Waals surface area contributed by atoms with E-state index >= 15 is 0 Å². The Bertz CT molecular complexity index is 462. The monoisotopic (exact) mass is 232 g/mol. The molecule has 0 fully saturated rings. The van der Waals surface area contributed by atoms with Gasteiger partial charge in [-0.1, -0.05) is 30.8 Å². The first-order valence-corrected chi connectivity index (χ1v) is 6.12. The van der Waals surface area contributed by atoms with Crippen LogP contribution in [0.5, 0.6) is 0 Å². The Morgan fingerprint density at radius 3 is 2.44 bits per heavy atom. The van der Waals surface area contributed by atoms with Crippen molar-refractivity contribution in [3.05, 3.63) is 59.9 Å². The number of hydrogen-bond donors (Lipinski definition) is 0. The van der Waals surface area contributed by atoms with Crippen LogP contribution in [0.3, 0.4) is 0 Å². The van der Waals surface area contributed by atoms with Crippen molar-refractivity contribution in [1.29, 1.82) is 0 Å². The van der Waals surface area contributed by atoms with Gasteiger partial charge in [-0.15, -0.1) is 0 Å². The molecule has 82 valence electrons. The maximum atomic E-state index is 12.7. The van der Waals surface area contributed by atoms with Gasteiger partial charge in [-0.3, -0.25) is 0 Å². The van der Waals surface area contributed by atoms with Gasteiger partial charge in [0.15, 0.2) is 0 Å². The Balaban J connectivity index is 2.16. The zero-order chi connectivity index (χ0) is 11.4. The Hall–Kier alpha value is -1.28. The van der Waals surface area contributed by atoms with E-state index in [0.717, 1.165) is 11.3 Å². The van der Waals surface area contributed by atoms with E-state index in [9.17, 15) is 4.39 Å². The molecule has 0 aliphatic carbocycles. The number of rotatable bonds is 3. The molecule has 2 rings (SSSR count). The molecule has 2 aromatic rings. The van der Waals surface area contributed by atoms with Crippen LogP contribution >= 0.6 is 11.8 Å². The Kier molecular flexibility index (Phi) is 3.62. The highest BCUT2D eigenvalue weighted by Crippen LogP contribution is 2.28. The molecule has 0 heterocycles. The second-order valence-electron chi connectivity index (χ2n) is 3.56. The van der Waals surface area contributed by atoms with Crippen LogP contribution < -0.4 is 0 Å². The summed E-state index contributed by atoms with van der Waals surface area (Å²) in [6.07, 6.45) is 1.04. The van der Waals surface area contributed by atoms with E-state index in [1.165, 1.54) is 22.6 Å². The zero-order valence-electron chi connectivity index (χ0n) is 9.11. The van der Waals surface area contributed by atoms with Crippen molar-refractivity contribution in [2.75, 3.05) is 0 Å². The van der Waals surface area contributed by atoms with E-state index in [1.807, 2.05) is 0 Å². The Morgan fingerprint density at radius 2 is 1.75 bits per heavy atom. The van der Waals surface area contributed by atoms with Crippen molar-refractivity contribution in [2.24, 2.45) is 0 Å². The Labute approximate surface area is 99.5 Å². The fourth-order valence-electron chi connectivity index (χ4n) is 1.47. The van der Waals surface area contributed by atoms with Gasteiger partial charge in [0.1, 0.15) is 5.82 Å². The smallest absolute Gasteiger partial charge is 0.123 e. The van der Waals surface area contributed by atoms with Gasteiger partial charge in [0.2, 0.25) is 0 Å². The third-order valence-corrected chi connectivity index (χ3v) is 3.35. The van der Waals surface area contributed by atoms with Crippen molar-refractivity contribution >= 4 is 11.8 Å². The van der Waals surface area contributed by atoms with Crippen molar-refractivity contribution < 1.29 is 4.39 Å². The first-order valence-electron chi connectivity index (χ1n) is 5.30. The topological polar surface area (TPSA) is 0 Å². The summed E-state index contributed by atoms with van der Waals surface area (Å²) in [6, 6.07) is 15.0. The lowest BCUT2D eigenvalue weighted by Gasteiger charge is -2.03. The van der Waals surface area contributed by atoms with Gasteiger partial charge < -0.3 is 0 Å². The summed E-state index contributed by atoms with van der Waals surface area (Å²) in [5.41, 5.74) is 1.33. The summed E-state index contributed by atoms with van der Waals surface area (Å²) in [7, 11) is 0. The van der Waals surface area contributed by atoms with E-state index in [-0.39, 0.29) is 5.82 Å². The highest BCUT2D eigenvalue weighted by atomic mass is 32.2. The second-order valence-corrected chi connectivity index (χ2v) is 4.70. The maximum absolute atomic E-state index is 12.7. The molecule has 0 atom stereocenters. The predicted molar refractivity (Wildman–Crippen MR) is 66.3 cm³/mol. The van der Waals surface area contributed by atoms with Crippen molar-refractivity contribution in [2.45, 2.75) is 23.1 Å². The van der Waals surface area contributed by atoms with Crippen molar-refractivity contribution in [3.8, 4) is 0 Å². The van der Waals surface area contributed by atoms with E-state index < -0.39 is 0 Å². The molecule has 0 aliphatic heterocycles. The molecule has 0 aliphatic rings. The zero-order valence-corrected chi connectivity index (χ0v) is 9.93. The number of benzene rings is 2. The van der Waals surface area contributed by atoms with Crippen LogP contribution in [0, 0.1) is 5.82 Å². The summed E-state index contributed by atoms with van der Waals surface area (Å²) in [5.74, 6) is -0.188. The molecule has 0 amide bonds. The Morgan fingerprint density at radius 1 is 1.00 bits per heavy atom. The van der Waals surface area contributed by atoms with Gasteiger partial charge in [0.25, 0.3) is 0 Å². The van der Waals surface area contributed by atoms with Gasteiger partial charge in [-0.2, -0.15) is 0 Å². The highest BCUT2D eigenvalue weighted by molar-refractivity contribution is 7.99. The summed E-state index contributed by atoms with van der Waals surface area (Å²) in [4.78, 5) is 2.26. The molecule has 0 saturated heterocycles. The second kappa shape index (κ2) is 5.17. The molecule has 0 N–H and O–H groups in total. The molecular formula is C14H13FS. The van der Waals surface area contributed by atoms with Crippen molar-refractivity contribution in [1.82, 2.24) is 0 Å². The molecular weight excluding hydrogens is 219 g/mol. The average molecular weight is 232 g/mol. The third-order valence-electron chi connectivity index (χ3n) is 2.36. The molecule has 0 spiro atoms. The van der Waals surface area contributed by atoms with Crippen LogP contribution in [0.1, 0.15) is 12.5 Å². The molecule has 2 heteroatoms. The largest absolute Gasteiger partial charge is 0.207 e. The normalized spacial score (nSPS) is 10.4. The van der Waals surface area contributed by atoms with Gasteiger partial charge in [0.05, 0.1) is 0 Å². The maximum Gasteiger partial charge on any atom is 0.123 e. The van der Waals surface area contributed by atoms with Crippen molar-refractivity contribution in [3.63, 3.8) is 0 Å². The number of halogens is 1.